The van der Waals surface area contributed by atoms with Crippen molar-refractivity contribution in [2.45, 2.75) is 51.9 Å². The molecule has 0 atom stereocenters. The van der Waals surface area contributed by atoms with Gasteiger partial charge in [-0.05, 0) is 37.2 Å². The second-order valence-electron chi connectivity index (χ2n) is 6.20. The summed E-state index contributed by atoms with van der Waals surface area (Å²) in [5.41, 5.74) is 3.08. The lowest BCUT2D eigenvalue weighted by Gasteiger charge is -2.43. The van der Waals surface area contributed by atoms with Gasteiger partial charge in [0.2, 0.25) is 5.91 Å². The highest BCUT2D eigenvalue weighted by molar-refractivity contribution is 5.77. The smallest absolute Gasteiger partial charge is 0.222 e. The van der Waals surface area contributed by atoms with Gasteiger partial charge in [0.15, 0.2) is 0 Å². The van der Waals surface area contributed by atoms with E-state index in [-0.39, 0.29) is 11.8 Å². The molecule has 1 aromatic carbocycles. The van der Waals surface area contributed by atoms with E-state index in [1.807, 2.05) is 13.8 Å². The van der Waals surface area contributed by atoms with Gasteiger partial charge in [-0.1, -0.05) is 50.1 Å². The second-order valence-corrected chi connectivity index (χ2v) is 6.20. The van der Waals surface area contributed by atoms with Crippen molar-refractivity contribution in [1.29, 1.82) is 0 Å². The van der Waals surface area contributed by atoms with Crippen molar-refractivity contribution in [1.82, 2.24) is 5.32 Å². The number of benzene rings is 1. The molecule has 1 aliphatic rings. The Kier molecular flexibility index (Phi) is 4.28. The van der Waals surface area contributed by atoms with Gasteiger partial charge in [-0.25, -0.2) is 0 Å². The molecule has 1 amide bonds. The SMILES string of the molecule is Cc1ccc(C2(CCNC(=O)C(C)C)CCC2)cc1. The first-order valence-corrected chi connectivity index (χ1v) is 7.38. The molecule has 0 spiro atoms. The van der Waals surface area contributed by atoms with Crippen molar-refractivity contribution in [3.63, 3.8) is 0 Å². The number of rotatable bonds is 5. The van der Waals surface area contributed by atoms with Crippen LogP contribution in [0.3, 0.4) is 0 Å². The topological polar surface area (TPSA) is 29.1 Å². The largest absolute Gasteiger partial charge is 0.356 e. The Morgan fingerprint density at radius 2 is 1.89 bits per heavy atom. The molecule has 0 unspecified atom stereocenters. The highest BCUT2D eigenvalue weighted by Gasteiger charge is 2.37. The number of carbonyl (C=O) groups excluding carboxylic acids is 1. The molecule has 0 saturated heterocycles. The zero-order chi connectivity index (χ0) is 13.9. The van der Waals surface area contributed by atoms with Gasteiger partial charge in [-0.3, -0.25) is 4.79 Å². The van der Waals surface area contributed by atoms with Crippen LogP contribution in [-0.2, 0) is 10.2 Å². The molecule has 2 heteroatoms. The first kappa shape index (κ1) is 14.1. The van der Waals surface area contributed by atoms with Gasteiger partial charge in [-0.2, -0.15) is 0 Å². The molecular formula is C17H25NO. The lowest BCUT2D eigenvalue weighted by molar-refractivity contribution is -0.124. The lowest BCUT2D eigenvalue weighted by atomic mass is 9.62. The molecule has 0 aliphatic heterocycles. The third-order valence-electron chi connectivity index (χ3n) is 4.40. The summed E-state index contributed by atoms with van der Waals surface area (Å²) >= 11 is 0. The van der Waals surface area contributed by atoms with Gasteiger partial charge in [0.1, 0.15) is 0 Å². The molecule has 104 valence electrons. The minimum atomic E-state index is 0.0803. The fourth-order valence-corrected chi connectivity index (χ4v) is 2.82. The monoisotopic (exact) mass is 259 g/mol. The molecule has 1 fully saturated rings. The van der Waals surface area contributed by atoms with Crippen molar-refractivity contribution in [2.24, 2.45) is 5.92 Å². The van der Waals surface area contributed by atoms with Gasteiger partial charge < -0.3 is 5.32 Å². The number of amides is 1. The van der Waals surface area contributed by atoms with E-state index in [4.69, 9.17) is 0 Å². The van der Waals surface area contributed by atoms with Crippen LogP contribution in [0.25, 0.3) is 0 Å². The Morgan fingerprint density at radius 3 is 2.37 bits per heavy atom. The fourth-order valence-electron chi connectivity index (χ4n) is 2.82. The van der Waals surface area contributed by atoms with Crippen molar-refractivity contribution < 1.29 is 4.79 Å². The van der Waals surface area contributed by atoms with Crippen LogP contribution in [-0.4, -0.2) is 12.5 Å². The zero-order valence-corrected chi connectivity index (χ0v) is 12.3. The minimum absolute atomic E-state index is 0.0803. The number of aryl methyl sites for hydroxylation is 1. The third-order valence-corrected chi connectivity index (χ3v) is 4.40. The van der Waals surface area contributed by atoms with Crippen LogP contribution in [0, 0.1) is 12.8 Å². The van der Waals surface area contributed by atoms with E-state index in [1.54, 1.807) is 0 Å². The van der Waals surface area contributed by atoms with E-state index in [0.29, 0.717) is 5.41 Å². The summed E-state index contributed by atoms with van der Waals surface area (Å²) in [7, 11) is 0. The van der Waals surface area contributed by atoms with Gasteiger partial charge >= 0.3 is 0 Å². The number of nitrogens with one attached hydrogen (secondary N) is 1. The van der Waals surface area contributed by atoms with E-state index in [1.165, 1.54) is 30.4 Å². The molecule has 0 radical (unpaired) electrons. The van der Waals surface area contributed by atoms with E-state index >= 15 is 0 Å². The Balaban J connectivity index is 1.95. The first-order valence-electron chi connectivity index (χ1n) is 7.38. The van der Waals surface area contributed by atoms with E-state index < -0.39 is 0 Å². The average Bonchev–Trinajstić information content (AvgIpc) is 2.33. The summed E-state index contributed by atoms with van der Waals surface area (Å²) in [5, 5.41) is 3.05. The maximum atomic E-state index is 11.6. The highest BCUT2D eigenvalue weighted by Crippen LogP contribution is 2.46. The predicted octanol–water partition coefficient (Wildman–Crippen LogP) is 3.58. The van der Waals surface area contributed by atoms with E-state index in [0.717, 1.165) is 13.0 Å². The van der Waals surface area contributed by atoms with Crippen LogP contribution < -0.4 is 5.32 Å². The van der Waals surface area contributed by atoms with Gasteiger partial charge in [0, 0.05) is 12.5 Å². The van der Waals surface area contributed by atoms with Crippen LogP contribution in [0.4, 0.5) is 0 Å². The molecule has 2 rings (SSSR count). The van der Waals surface area contributed by atoms with Gasteiger partial charge in [-0.15, -0.1) is 0 Å². The third kappa shape index (κ3) is 3.17. The van der Waals surface area contributed by atoms with Gasteiger partial charge in [0.05, 0.1) is 0 Å². The molecule has 2 nitrogen and oxygen atoms in total. The number of hydrogen-bond donors (Lipinski definition) is 1. The summed E-state index contributed by atoms with van der Waals surface area (Å²) in [5.74, 6) is 0.245. The normalized spacial score (nSPS) is 17.1. The van der Waals surface area contributed by atoms with Crippen LogP contribution in [0.2, 0.25) is 0 Å². The average molecular weight is 259 g/mol. The van der Waals surface area contributed by atoms with E-state index in [9.17, 15) is 4.79 Å². The summed E-state index contributed by atoms with van der Waals surface area (Å²) in [6.07, 6.45) is 4.89. The van der Waals surface area contributed by atoms with Crippen molar-refractivity contribution in [3.05, 3.63) is 35.4 Å². The summed E-state index contributed by atoms with van der Waals surface area (Å²) in [6.45, 7) is 6.80. The van der Waals surface area contributed by atoms with Crippen molar-refractivity contribution in [3.8, 4) is 0 Å². The minimum Gasteiger partial charge on any atom is -0.356 e. The predicted molar refractivity (Wildman–Crippen MR) is 79.2 cm³/mol. The van der Waals surface area contributed by atoms with Crippen molar-refractivity contribution in [2.75, 3.05) is 6.54 Å². The number of hydrogen-bond acceptors (Lipinski definition) is 1. The molecule has 0 aromatic heterocycles. The summed E-state index contributed by atoms with van der Waals surface area (Å²) in [6, 6.07) is 8.92. The highest BCUT2D eigenvalue weighted by atomic mass is 16.1. The molecule has 0 heterocycles. The molecule has 1 aliphatic carbocycles. The quantitative estimate of drug-likeness (QED) is 0.860. The summed E-state index contributed by atoms with van der Waals surface area (Å²) in [4.78, 5) is 11.6. The molecule has 1 N–H and O–H groups in total. The Bertz CT molecular complexity index is 429. The van der Waals surface area contributed by atoms with Crippen LogP contribution in [0.15, 0.2) is 24.3 Å². The fraction of sp³-hybridized carbons (Fsp3) is 0.588. The zero-order valence-electron chi connectivity index (χ0n) is 12.3. The van der Waals surface area contributed by atoms with Gasteiger partial charge in [0.25, 0.3) is 0 Å². The maximum Gasteiger partial charge on any atom is 0.222 e. The molecular weight excluding hydrogens is 234 g/mol. The Hall–Kier alpha value is -1.31. The Morgan fingerprint density at radius 1 is 1.26 bits per heavy atom. The standard InChI is InChI=1S/C17H25NO/c1-13(2)16(19)18-12-11-17(9-4-10-17)15-7-5-14(3)6-8-15/h5-8,13H,4,9-12H2,1-3H3,(H,18,19). The maximum absolute atomic E-state index is 11.6. The Labute approximate surface area is 116 Å². The molecule has 1 saturated carbocycles. The summed E-state index contributed by atoms with van der Waals surface area (Å²) < 4.78 is 0. The molecule has 0 bridgehead atoms. The first-order chi connectivity index (χ1) is 9.03. The number of carbonyl (C=O) groups is 1. The van der Waals surface area contributed by atoms with Crippen molar-refractivity contribution >= 4 is 5.91 Å². The molecule has 1 aromatic rings. The van der Waals surface area contributed by atoms with Crippen LogP contribution >= 0.6 is 0 Å². The lowest BCUT2D eigenvalue weighted by Crippen LogP contribution is -2.39. The van der Waals surface area contributed by atoms with E-state index in [2.05, 4.69) is 36.5 Å². The van der Waals surface area contributed by atoms with Crippen LogP contribution in [0.1, 0.15) is 50.7 Å². The van der Waals surface area contributed by atoms with Crippen LogP contribution in [0.5, 0.6) is 0 Å². The molecule has 19 heavy (non-hydrogen) atoms. The second kappa shape index (κ2) is 5.77.